The molecule has 1 aliphatic rings. The van der Waals surface area contributed by atoms with E-state index in [1.165, 1.54) is 7.11 Å². The van der Waals surface area contributed by atoms with E-state index < -0.39 is 6.10 Å². The Bertz CT molecular complexity index is 208. The standard InChI is InChI=1S/C9H18N2O3/c1-6(12)7-3-8(10)5-11(4-7)9(13)14-2/h6-8,12H,3-5,10H2,1-2H3. The van der Waals surface area contributed by atoms with E-state index in [1.54, 1.807) is 11.8 Å². The molecule has 0 saturated carbocycles. The predicted octanol–water partition coefficient (Wildman–Crippen LogP) is -0.217. The number of rotatable bonds is 1. The number of carbonyl (C=O) groups is 1. The van der Waals surface area contributed by atoms with Gasteiger partial charge in [-0.1, -0.05) is 0 Å². The van der Waals surface area contributed by atoms with Crippen LogP contribution in [-0.2, 0) is 4.74 Å². The summed E-state index contributed by atoms with van der Waals surface area (Å²) in [6.07, 6.45) is -0.0511. The molecule has 5 nitrogen and oxygen atoms in total. The van der Waals surface area contributed by atoms with Crippen LogP contribution in [0.15, 0.2) is 0 Å². The summed E-state index contributed by atoms with van der Waals surface area (Å²) in [6, 6.07) is -0.0672. The Labute approximate surface area is 83.8 Å². The quantitative estimate of drug-likeness (QED) is 0.616. The van der Waals surface area contributed by atoms with Gasteiger partial charge in [0, 0.05) is 25.0 Å². The lowest BCUT2D eigenvalue weighted by molar-refractivity contribution is 0.0481. The lowest BCUT2D eigenvalue weighted by Crippen LogP contribution is -2.51. The lowest BCUT2D eigenvalue weighted by atomic mass is 9.91. The van der Waals surface area contributed by atoms with Gasteiger partial charge in [-0.05, 0) is 13.3 Å². The Morgan fingerprint density at radius 3 is 2.79 bits per heavy atom. The van der Waals surface area contributed by atoms with Crippen LogP contribution in [-0.4, -0.2) is 48.4 Å². The number of methoxy groups -OCH3 is 1. The molecule has 0 bridgehead atoms. The molecule has 82 valence electrons. The van der Waals surface area contributed by atoms with Crippen LogP contribution < -0.4 is 5.73 Å². The second-order valence-electron chi connectivity index (χ2n) is 3.87. The van der Waals surface area contributed by atoms with Crippen LogP contribution in [0.2, 0.25) is 0 Å². The summed E-state index contributed by atoms with van der Waals surface area (Å²) in [7, 11) is 1.35. The number of aliphatic hydroxyl groups excluding tert-OH is 1. The highest BCUT2D eigenvalue weighted by atomic mass is 16.5. The molecule has 1 fully saturated rings. The van der Waals surface area contributed by atoms with Crippen LogP contribution in [0, 0.1) is 5.92 Å². The third kappa shape index (κ3) is 2.59. The van der Waals surface area contributed by atoms with Gasteiger partial charge < -0.3 is 20.5 Å². The van der Waals surface area contributed by atoms with Crippen molar-refractivity contribution in [2.75, 3.05) is 20.2 Å². The molecular formula is C9H18N2O3. The first kappa shape index (κ1) is 11.3. The largest absolute Gasteiger partial charge is 0.453 e. The van der Waals surface area contributed by atoms with Crippen molar-refractivity contribution in [2.24, 2.45) is 11.7 Å². The summed E-state index contributed by atoms with van der Waals surface area (Å²) in [6.45, 7) is 2.76. The summed E-state index contributed by atoms with van der Waals surface area (Å²) >= 11 is 0. The Hall–Kier alpha value is -0.810. The molecule has 0 aromatic heterocycles. The zero-order chi connectivity index (χ0) is 10.7. The number of piperidine rings is 1. The highest BCUT2D eigenvalue weighted by molar-refractivity contribution is 5.67. The number of nitrogens with zero attached hydrogens (tertiary/aromatic N) is 1. The van der Waals surface area contributed by atoms with Gasteiger partial charge in [0.05, 0.1) is 13.2 Å². The lowest BCUT2D eigenvalue weighted by Gasteiger charge is -2.36. The van der Waals surface area contributed by atoms with E-state index in [9.17, 15) is 9.90 Å². The molecule has 3 unspecified atom stereocenters. The van der Waals surface area contributed by atoms with Gasteiger partial charge in [0.1, 0.15) is 0 Å². The highest BCUT2D eigenvalue weighted by Crippen LogP contribution is 2.19. The van der Waals surface area contributed by atoms with Crippen molar-refractivity contribution in [3.05, 3.63) is 0 Å². The molecule has 0 aromatic carbocycles. The zero-order valence-corrected chi connectivity index (χ0v) is 8.64. The minimum absolute atomic E-state index is 0.0536. The maximum Gasteiger partial charge on any atom is 0.409 e. The van der Waals surface area contributed by atoms with E-state index in [0.29, 0.717) is 13.1 Å². The van der Waals surface area contributed by atoms with E-state index in [-0.39, 0.29) is 18.1 Å². The van der Waals surface area contributed by atoms with E-state index in [0.717, 1.165) is 6.42 Å². The number of carbonyl (C=O) groups excluding carboxylic acids is 1. The van der Waals surface area contributed by atoms with Crippen molar-refractivity contribution < 1.29 is 14.6 Å². The molecule has 1 amide bonds. The van der Waals surface area contributed by atoms with Crippen molar-refractivity contribution in [1.29, 1.82) is 0 Å². The van der Waals surface area contributed by atoms with Gasteiger partial charge >= 0.3 is 6.09 Å². The molecule has 3 atom stereocenters. The first-order chi connectivity index (χ1) is 6.54. The summed E-state index contributed by atoms with van der Waals surface area (Å²) in [4.78, 5) is 12.8. The SMILES string of the molecule is COC(=O)N1CC(N)CC(C(C)O)C1. The highest BCUT2D eigenvalue weighted by Gasteiger charge is 2.30. The molecule has 0 aromatic rings. The zero-order valence-electron chi connectivity index (χ0n) is 8.64. The average Bonchev–Trinajstić information content (AvgIpc) is 2.15. The summed E-state index contributed by atoms with van der Waals surface area (Å²) in [5, 5.41) is 9.43. The van der Waals surface area contributed by atoms with Crippen LogP contribution in [0.25, 0.3) is 0 Å². The van der Waals surface area contributed by atoms with Gasteiger partial charge in [0.25, 0.3) is 0 Å². The molecule has 0 spiro atoms. The number of amides is 1. The van der Waals surface area contributed by atoms with Crippen LogP contribution in [0.4, 0.5) is 4.79 Å². The second kappa shape index (κ2) is 4.61. The van der Waals surface area contributed by atoms with E-state index in [4.69, 9.17) is 5.73 Å². The molecule has 0 aliphatic carbocycles. The van der Waals surface area contributed by atoms with Crippen LogP contribution >= 0.6 is 0 Å². The third-order valence-electron chi connectivity index (χ3n) is 2.63. The average molecular weight is 202 g/mol. The fraction of sp³-hybridized carbons (Fsp3) is 0.889. The summed E-state index contributed by atoms with van der Waals surface area (Å²) < 4.78 is 4.62. The van der Waals surface area contributed by atoms with E-state index >= 15 is 0 Å². The number of aliphatic hydroxyl groups is 1. The number of hydrogen-bond donors (Lipinski definition) is 2. The smallest absolute Gasteiger partial charge is 0.409 e. The molecule has 14 heavy (non-hydrogen) atoms. The van der Waals surface area contributed by atoms with Crippen molar-refractivity contribution in [1.82, 2.24) is 4.90 Å². The van der Waals surface area contributed by atoms with Crippen molar-refractivity contribution in [3.8, 4) is 0 Å². The van der Waals surface area contributed by atoms with E-state index in [1.807, 2.05) is 0 Å². The van der Waals surface area contributed by atoms with Crippen molar-refractivity contribution in [3.63, 3.8) is 0 Å². The molecule has 3 N–H and O–H groups in total. The van der Waals surface area contributed by atoms with Gasteiger partial charge in [-0.3, -0.25) is 0 Å². The number of nitrogens with two attached hydrogens (primary N) is 1. The van der Waals surface area contributed by atoms with Gasteiger partial charge in [-0.2, -0.15) is 0 Å². The fourth-order valence-corrected chi connectivity index (χ4v) is 1.81. The Balaban J connectivity index is 2.58. The first-order valence-electron chi connectivity index (χ1n) is 4.81. The minimum Gasteiger partial charge on any atom is -0.453 e. The second-order valence-corrected chi connectivity index (χ2v) is 3.87. The number of ether oxygens (including phenoxy) is 1. The number of likely N-dealkylation sites (tertiary alicyclic amines) is 1. The van der Waals surface area contributed by atoms with Crippen LogP contribution in [0.1, 0.15) is 13.3 Å². The first-order valence-corrected chi connectivity index (χ1v) is 4.81. The monoisotopic (exact) mass is 202 g/mol. The Kier molecular flexibility index (Phi) is 3.71. The van der Waals surface area contributed by atoms with Gasteiger partial charge in [0.2, 0.25) is 0 Å². The molecule has 1 heterocycles. The van der Waals surface area contributed by atoms with Gasteiger partial charge in [-0.15, -0.1) is 0 Å². The summed E-state index contributed by atoms with van der Waals surface area (Å²) in [5.41, 5.74) is 5.79. The van der Waals surface area contributed by atoms with Crippen LogP contribution in [0.5, 0.6) is 0 Å². The Morgan fingerprint density at radius 1 is 1.64 bits per heavy atom. The molecule has 1 saturated heterocycles. The maximum atomic E-state index is 11.2. The predicted molar refractivity (Wildman–Crippen MR) is 51.7 cm³/mol. The molecular weight excluding hydrogens is 184 g/mol. The van der Waals surface area contributed by atoms with Crippen molar-refractivity contribution >= 4 is 6.09 Å². The summed E-state index contributed by atoms with van der Waals surface area (Å²) in [5.74, 6) is 0.0536. The fourth-order valence-electron chi connectivity index (χ4n) is 1.81. The molecule has 1 aliphatic heterocycles. The van der Waals surface area contributed by atoms with Gasteiger partial charge in [0.15, 0.2) is 0 Å². The Morgan fingerprint density at radius 2 is 2.29 bits per heavy atom. The third-order valence-corrected chi connectivity index (χ3v) is 2.63. The number of hydrogen-bond acceptors (Lipinski definition) is 4. The molecule has 1 rings (SSSR count). The minimum atomic E-state index is -0.437. The van der Waals surface area contributed by atoms with Crippen LogP contribution in [0.3, 0.4) is 0 Å². The normalized spacial score (nSPS) is 29.9. The molecule has 5 heteroatoms. The molecule has 0 radical (unpaired) electrons. The van der Waals surface area contributed by atoms with Gasteiger partial charge in [-0.25, -0.2) is 4.79 Å². The maximum absolute atomic E-state index is 11.2. The van der Waals surface area contributed by atoms with Crippen molar-refractivity contribution in [2.45, 2.75) is 25.5 Å². The topological polar surface area (TPSA) is 75.8 Å². The van der Waals surface area contributed by atoms with E-state index in [2.05, 4.69) is 4.74 Å².